The summed E-state index contributed by atoms with van der Waals surface area (Å²) in [6.07, 6.45) is 0.716. The summed E-state index contributed by atoms with van der Waals surface area (Å²) in [6.45, 7) is 4.36. The number of hydrogen-bond donors (Lipinski definition) is 2. The van der Waals surface area contributed by atoms with E-state index in [2.05, 4.69) is 43.5 Å². The smallest absolute Gasteiger partial charge is 0.0500 e. The molecule has 0 aromatic heterocycles. The number of nitrogens with one attached hydrogen (secondary N) is 1. The highest BCUT2D eigenvalue weighted by Crippen LogP contribution is 2.26. The Kier molecular flexibility index (Phi) is 5.65. The summed E-state index contributed by atoms with van der Waals surface area (Å²) in [5.74, 6) is 6.23. The van der Waals surface area contributed by atoms with E-state index in [4.69, 9.17) is 29.0 Å². The molecule has 0 fully saturated rings. The van der Waals surface area contributed by atoms with Gasteiger partial charge in [-0.1, -0.05) is 67.4 Å². The minimum absolute atomic E-state index is 0.0184. The lowest BCUT2D eigenvalue weighted by Crippen LogP contribution is -2.29. The van der Waals surface area contributed by atoms with E-state index < -0.39 is 0 Å². The molecule has 0 aliphatic rings. The van der Waals surface area contributed by atoms with E-state index >= 15 is 0 Å². The van der Waals surface area contributed by atoms with Gasteiger partial charge in [-0.15, -0.1) is 0 Å². The van der Waals surface area contributed by atoms with Crippen LogP contribution in [0.15, 0.2) is 42.5 Å². The second-order valence-corrected chi connectivity index (χ2v) is 6.32. The van der Waals surface area contributed by atoms with E-state index in [-0.39, 0.29) is 6.04 Å². The van der Waals surface area contributed by atoms with Crippen molar-refractivity contribution < 1.29 is 0 Å². The van der Waals surface area contributed by atoms with Gasteiger partial charge in [0.15, 0.2) is 0 Å². The molecule has 0 aliphatic carbocycles. The second-order valence-electron chi connectivity index (χ2n) is 5.48. The van der Waals surface area contributed by atoms with E-state index in [1.165, 1.54) is 5.56 Å². The van der Waals surface area contributed by atoms with Crippen molar-refractivity contribution in [1.29, 1.82) is 0 Å². The first-order chi connectivity index (χ1) is 10.0. The molecule has 112 valence electrons. The number of nitrogens with two attached hydrogens (primary N) is 1. The predicted molar refractivity (Wildman–Crippen MR) is 90.8 cm³/mol. The summed E-state index contributed by atoms with van der Waals surface area (Å²) < 4.78 is 0. The molecule has 21 heavy (non-hydrogen) atoms. The highest BCUT2D eigenvalue weighted by atomic mass is 35.5. The van der Waals surface area contributed by atoms with Gasteiger partial charge >= 0.3 is 0 Å². The quantitative estimate of drug-likeness (QED) is 0.609. The van der Waals surface area contributed by atoms with Crippen LogP contribution >= 0.6 is 23.2 Å². The number of benzene rings is 2. The summed E-state index contributed by atoms with van der Waals surface area (Å²) in [5.41, 5.74) is 6.36. The summed E-state index contributed by atoms with van der Waals surface area (Å²) in [5, 5.41) is 1.31. The molecule has 0 aliphatic heterocycles. The zero-order valence-corrected chi connectivity index (χ0v) is 13.7. The molecule has 2 rings (SSSR count). The average molecular weight is 323 g/mol. The summed E-state index contributed by atoms with van der Waals surface area (Å²) in [6, 6.07) is 14.1. The maximum atomic E-state index is 6.23. The fourth-order valence-electron chi connectivity index (χ4n) is 2.29. The number of hydrazine groups is 1. The molecule has 4 heteroatoms. The maximum Gasteiger partial charge on any atom is 0.0500 e. The number of rotatable bonds is 5. The monoisotopic (exact) mass is 322 g/mol. The van der Waals surface area contributed by atoms with Gasteiger partial charge in [0.05, 0.1) is 6.04 Å². The summed E-state index contributed by atoms with van der Waals surface area (Å²) in [7, 11) is 0. The van der Waals surface area contributed by atoms with Gasteiger partial charge in [0, 0.05) is 10.0 Å². The molecule has 0 bridgehead atoms. The van der Waals surface area contributed by atoms with E-state index in [9.17, 15) is 0 Å². The molecule has 1 atom stereocenters. The molecular weight excluding hydrogens is 303 g/mol. The van der Waals surface area contributed by atoms with Crippen molar-refractivity contribution in [3.63, 3.8) is 0 Å². The Balaban J connectivity index is 2.19. The van der Waals surface area contributed by atoms with Crippen molar-refractivity contribution in [3.05, 3.63) is 69.2 Å². The van der Waals surface area contributed by atoms with Crippen LogP contribution in [-0.2, 0) is 6.42 Å². The molecule has 0 amide bonds. The van der Waals surface area contributed by atoms with Crippen LogP contribution in [0.3, 0.4) is 0 Å². The Hall–Kier alpha value is -1.06. The van der Waals surface area contributed by atoms with Gasteiger partial charge in [0.1, 0.15) is 0 Å². The lowest BCUT2D eigenvalue weighted by atomic mass is 9.96. The largest absolute Gasteiger partial charge is 0.271 e. The Morgan fingerprint density at radius 3 is 2.14 bits per heavy atom. The van der Waals surface area contributed by atoms with E-state index in [0.29, 0.717) is 22.4 Å². The summed E-state index contributed by atoms with van der Waals surface area (Å²) in [4.78, 5) is 0. The Morgan fingerprint density at radius 2 is 1.62 bits per heavy atom. The number of hydrogen-bond acceptors (Lipinski definition) is 2. The minimum atomic E-state index is 0.0184. The Bertz CT molecular complexity index is 594. The molecule has 2 nitrogen and oxygen atoms in total. The predicted octanol–water partition coefficient (Wildman–Crippen LogP) is 4.86. The lowest BCUT2D eigenvalue weighted by Gasteiger charge is -2.18. The van der Waals surface area contributed by atoms with Gasteiger partial charge in [0.2, 0.25) is 0 Å². The third kappa shape index (κ3) is 4.21. The van der Waals surface area contributed by atoms with Crippen LogP contribution in [0.5, 0.6) is 0 Å². The lowest BCUT2D eigenvalue weighted by molar-refractivity contribution is 0.552. The van der Waals surface area contributed by atoms with Crippen LogP contribution < -0.4 is 11.3 Å². The minimum Gasteiger partial charge on any atom is -0.271 e. The van der Waals surface area contributed by atoms with Crippen molar-refractivity contribution in [2.75, 3.05) is 0 Å². The SMILES string of the molecule is CC(C)c1ccc(C(Cc2ccc(Cl)cc2Cl)NN)cc1. The second kappa shape index (κ2) is 7.28. The molecule has 0 saturated carbocycles. The zero-order valence-electron chi connectivity index (χ0n) is 12.2. The van der Waals surface area contributed by atoms with Crippen molar-refractivity contribution in [2.45, 2.75) is 32.2 Å². The van der Waals surface area contributed by atoms with E-state index in [1.54, 1.807) is 6.07 Å². The van der Waals surface area contributed by atoms with E-state index in [1.807, 2.05) is 12.1 Å². The van der Waals surface area contributed by atoms with Crippen molar-refractivity contribution in [3.8, 4) is 0 Å². The standard InChI is InChI=1S/C17H20Cl2N2/c1-11(2)12-3-5-13(6-4-12)17(21-20)9-14-7-8-15(18)10-16(14)19/h3-8,10-11,17,21H,9,20H2,1-2H3. The molecule has 3 N–H and O–H groups in total. The van der Waals surface area contributed by atoms with Crippen LogP contribution in [0.4, 0.5) is 0 Å². The highest BCUT2D eigenvalue weighted by molar-refractivity contribution is 6.35. The van der Waals surface area contributed by atoms with Crippen LogP contribution in [0.2, 0.25) is 10.0 Å². The highest BCUT2D eigenvalue weighted by Gasteiger charge is 2.13. The van der Waals surface area contributed by atoms with Crippen LogP contribution in [0.1, 0.15) is 42.5 Å². The molecule has 0 radical (unpaired) electrons. The van der Waals surface area contributed by atoms with Gasteiger partial charge < -0.3 is 0 Å². The molecule has 0 saturated heterocycles. The fourth-order valence-corrected chi connectivity index (χ4v) is 2.78. The fraction of sp³-hybridized carbons (Fsp3) is 0.294. The van der Waals surface area contributed by atoms with Gasteiger partial charge in [-0.25, -0.2) is 0 Å². The van der Waals surface area contributed by atoms with Crippen LogP contribution in [-0.4, -0.2) is 0 Å². The van der Waals surface area contributed by atoms with Gasteiger partial charge in [-0.3, -0.25) is 11.3 Å². The van der Waals surface area contributed by atoms with Crippen molar-refractivity contribution in [1.82, 2.24) is 5.43 Å². The van der Waals surface area contributed by atoms with Gasteiger partial charge in [0.25, 0.3) is 0 Å². The molecule has 1 unspecified atom stereocenters. The average Bonchev–Trinajstić information content (AvgIpc) is 2.47. The summed E-state index contributed by atoms with van der Waals surface area (Å²) >= 11 is 12.2. The van der Waals surface area contributed by atoms with Gasteiger partial charge in [-0.05, 0) is 41.2 Å². The maximum absolute atomic E-state index is 6.23. The normalized spacial score (nSPS) is 12.7. The van der Waals surface area contributed by atoms with E-state index in [0.717, 1.165) is 11.1 Å². The molecule has 0 spiro atoms. The molecule has 0 heterocycles. The first-order valence-electron chi connectivity index (χ1n) is 7.01. The third-order valence-electron chi connectivity index (χ3n) is 3.65. The Morgan fingerprint density at radius 1 is 1.00 bits per heavy atom. The number of halogens is 2. The topological polar surface area (TPSA) is 38.0 Å². The van der Waals surface area contributed by atoms with Crippen molar-refractivity contribution in [2.24, 2.45) is 5.84 Å². The molecular formula is C17H20Cl2N2. The first kappa shape index (κ1) is 16.3. The third-order valence-corrected chi connectivity index (χ3v) is 4.23. The molecule has 2 aromatic carbocycles. The van der Waals surface area contributed by atoms with Crippen LogP contribution in [0.25, 0.3) is 0 Å². The zero-order chi connectivity index (χ0) is 15.4. The van der Waals surface area contributed by atoms with Gasteiger partial charge in [-0.2, -0.15) is 0 Å². The first-order valence-corrected chi connectivity index (χ1v) is 7.76. The van der Waals surface area contributed by atoms with Crippen molar-refractivity contribution >= 4 is 23.2 Å². The van der Waals surface area contributed by atoms with Crippen LogP contribution in [0, 0.1) is 0 Å². The Labute approximate surface area is 136 Å². The molecule has 2 aromatic rings.